The number of amides is 1. The molecule has 0 aromatic rings. The molecule has 1 aliphatic heterocycles. The molecule has 7 unspecified atom stereocenters. The van der Waals surface area contributed by atoms with Crippen molar-refractivity contribution in [3.8, 4) is 0 Å². The first-order valence-corrected chi connectivity index (χ1v) is 36.9. The Morgan fingerprint density at radius 2 is 0.697 bits per heavy atom. The fraction of sp³-hybridized carbons (Fsp3) is 0.713. The van der Waals surface area contributed by atoms with Gasteiger partial charge in [-0.25, -0.2) is 0 Å². The predicted octanol–water partition coefficient (Wildman–Crippen LogP) is 20.8. The molecule has 0 bridgehead atoms. The van der Waals surface area contributed by atoms with E-state index in [-0.39, 0.29) is 18.9 Å². The summed E-state index contributed by atoms with van der Waals surface area (Å²) < 4.78 is 11.3. The maximum absolute atomic E-state index is 13.1. The Kier molecular flexibility index (Phi) is 63.0. The Balaban J connectivity index is 2.18. The van der Waals surface area contributed by atoms with Crippen LogP contribution in [0.1, 0.15) is 309 Å². The highest BCUT2D eigenvalue weighted by Crippen LogP contribution is 2.23. The van der Waals surface area contributed by atoms with Gasteiger partial charge in [0.2, 0.25) is 5.91 Å². The highest BCUT2D eigenvalue weighted by molar-refractivity contribution is 5.76. The fourth-order valence-electron chi connectivity index (χ4n) is 11.0. The molecular weight excluding hydrogens is 1100 g/mol. The van der Waals surface area contributed by atoms with Crippen LogP contribution in [0.2, 0.25) is 0 Å². The SMILES string of the molecule is CC/C=C\C/C=C\C/C=C\C/C=C\C/C=C\C/C=C\C/C=C\C/C=C\C/C=C\C/C=C\CCCCC(=O)NC(COC1OC(CO)C(O)C(O)C1O)C(O)/C=C/CCCCCCCCCCCCCCCCCCCCCCCCCCCCCCCCC. The van der Waals surface area contributed by atoms with Crippen LogP contribution in [0.4, 0.5) is 0 Å². The largest absolute Gasteiger partial charge is 0.394 e. The summed E-state index contributed by atoms with van der Waals surface area (Å²) in [6.07, 6.45) is 95.7. The van der Waals surface area contributed by atoms with E-state index in [1.807, 2.05) is 6.08 Å². The zero-order chi connectivity index (χ0) is 64.2. The minimum Gasteiger partial charge on any atom is -0.394 e. The van der Waals surface area contributed by atoms with Gasteiger partial charge in [0.05, 0.1) is 25.4 Å². The summed E-state index contributed by atoms with van der Waals surface area (Å²) in [5.74, 6) is -0.221. The van der Waals surface area contributed by atoms with E-state index in [4.69, 9.17) is 9.47 Å². The molecule has 9 nitrogen and oxygen atoms in total. The monoisotopic (exact) mass is 1240 g/mol. The van der Waals surface area contributed by atoms with Crippen LogP contribution in [0, 0.1) is 0 Å². The molecule has 0 aliphatic carbocycles. The van der Waals surface area contributed by atoms with Gasteiger partial charge in [-0.1, -0.05) is 340 Å². The van der Waals surface area contributed by atoms with Crippen LogP contribution in [0.3, 0.4) is 0 Å². The van der Waals surface area contributed by atoms with Gasteiger partial charge >= 0.3 is 0 Å². The second kappa shape index (κ2) is 67.2. The summed E-state index contributed by atoms with van der Waals surface area (Å²) in [6.45, 7) is 3.66. The molecule has 9 heteroatoms. The summed E-state index contributed by atoms with van der Waals surface area (Å²) in [5.41, 5.74) is 0. The number of aliphatic hydroxyl groups is 5. The van der Waals surface area contributed by atoms with Crippen molar-refractivity contribution >= 4 is 5.91 Å². The number of hydrogen-bond acceptors (Lipinski definition) is 8. The second-order valence-corrected chi connectivity index (χ2v) is 25.0. The van der Waals surface area contributed by atoms with Gasteiger partial charge < -0.3 is 40.3 Å². The molecule has 6 N–H and O–H groups in total. The Morgan fingerprint density at radius 3 is 1.03 bits per heavy atom. The van der Waals surface area contributed by atoms with Crippen LogP contribution in [0.25, 0.3) is 0 Å². The van der Waals surface area contributed by atoms with Crippen molar-refractivity contribution in [1.82, 2.24) is 5.32 Å². The Morgan fingerprint density at radius 1 is 0.393 bits per heavy atom. The summed E-state index contributed by atoms with van der Waals surface area (Å²) in [6, 6.07) is -0.841. The third kappa shape index (κ3) is 55.7. The van der Waals surface area contributed by atoms with Crippen molar-refractivity contribution in [2.24, 2.45) is 0 Å². The van der Waals surface area contributed by atoms with Crippen molar-refractivity contribution < 1.29 is 39.8 Å². The van der Waals surface area contributed by atoms with E-state index in [1.165, 1.54) is 186 Å². The molecule has 1 aliphatic rings. The molecule has 0 radical (unpaired) electrons. The maximum atomic E-state index is 13.1. The molecule has 0 saturated carbocycles. The molecular formula is C80H137NO8. The Labute approximate surface area is 547 Å². The number of carbonyl (C=O) groups excluding carboxylic acids is 1. The molecule has 1 amide bonds. The quantitative estimate of drug-likeness (QED) is 0.0261. The number of carbonyl (C=O) groups is 1. The van der Waals surface area contributed by atoms with E-state index in [2.05, 4.69) is 141 Å². The molecule has 510 valence electrons. The average molecular weight is 1240 g/mol. The van der Waals surface area contributed by atoms with Gasteiger partial charge in [-0.3, -0.25) is 4.79 Å². The summed E-state index contributed by atoms with van der Waals surface area (Å²) in [4.78, 5) is 13.1. The molecule has 1 saturated heterocycles. The highest BCUT2D eigenvalue weighted by Gasteiger charge is 2.44. The second-order valence-electron chi connectivity index (χ2n) is 25.0. The van der Waals surface area contributed by atoms with Crippen molar-refractivity contribution in [1.29, 1.82) is 0 Å². The summed E-state index contributed by atoms with van der Waals surface area (Å²) >= 11 is 0. The first-order chi connectivity index (χ1) is 43.8. The van der Waals surface area contributed by atoms with Crippen LogP contribution in [0.5, 0.6) is 0 Å². The number of unbranched alkanes of at least 4 members (excludes halogenated alkanes) is 33. The van der Waals surface area contributed by atoms with E-state index >= 15 is 0 Å². The zero-order valence-electron chi connectivity index (χ0n) is 57.1. The van der Waals surface area contributed by atoms with Crippen molar-refractivity contribution in [3.63, 3.8) is 0 Å². The van der Waals surface area contributed by atoms with Crippen LogP contribution >= 0.6 is 0 Å². The summed E-state index contributed by atoms with van der Waals surface area (Å²) in [7, 11) is 0. The van der Waals surface area contributed by atoms with E-state index in [1.54, 1.807) is 6.08 Å². The standard InChI is InChI=1S/C80H137NO8/c1-3-5-7-9-11-13-15-17-19-21-23-25-27-29-31-33-35-37-39-41-43-45-47-49-51-53-55-57-59-61-63-65-67-69-74(83)73(72-88-80-79(87)78(86)77(85)75(71-82)89-80)81-76(84)70-68-66-64-62-60-58-56-54-52-50-48-46-44-42-40-38-36-34-32-30-28-26-24-22-20-18-16-14-12-10-8-6-4-2/h6,8,12,14,18,20,24,26,30,32,36,38,42,44,48,50,54,56,60,62,67,69,73-75,77-80,82-83,85-87H,3-5,7,9-11,13,15-17,19,21-23,25,27-29,31,33-35,37,39-41,43,45-47,49,51-53,55,57-59,61,63-66,68,70-72H2,1-2H3,(H,81,84)/b8-6-,14-12-,20-18-,26-24-,32-30-,38-36-,44-42-,50-48-,56-54-,62-60-,69-67+. The Bertz CT molecular complexity index is 1870. The van der Waals surface area contributed by atoms with Crippen molar-refractivity contribution in [2.45, 2.75) is 352 Å². The molecule has 1 rings (SSSR count). The van der Waals surface area contributed by atoms with E-state index < -0.39 is 49.5 Å². The van der Waals surface area contributed by atoms with E-state index in [0.717, 1.165) is 96.3 Å². The van der Waals surface area contributed by atoms with Gasteiger partial charge in [0, 0.05) is 6.42 Å². The predicted molar refractivity (Wildman–Crippen MR) is 382 cm³/mol. The van der Waals surface area contributed by atoms with E-state index in [9.17, 15) is 30.3 Å². The average Bonchev–Trinajstić information content (AvgIpc) is 2.28. The molecule has 0 spiro atoms. The lowest BCUT2D eigenvalue weighted by Gasteiger charge is -2.40. The molecule has 89 heavy (non-hydrogen) atoms. The van der Waals surface area contributed by atoms with Crippen LogP contribution in [-0.2, 0) is 14.3 Å². The molecule has 7 atom stereocenters. The van der Waals surface area contributed by atoms with Gasteiger partial charge in [-0.15, -0.1) is 0 Å². The van der Waals surface area contributed by atoms with Crippen LogP contribution < -0.4 is 5.32 Å². The lowest BCUT2D eigenvalue weighted by atomic mass is 9.99. The molecule has 0 aromatic carbocycles. The molecule has 1 heterocycles. The lowest BCUT2D eigenvalue weighted by Crippen LogP contribution is -2.60. The number of allylic oxidation sites excluding steroid dienone is 21. The van der Waals surface area contributed by atoms with Gasteiger partial charge in [0.25, 0.3) is 0 Å². The minimum atomic E-state index is -1.59. The highest BCUT2D eigenvalue weighted by atomic mass is 16.7. The third-order valence-electron chi connectivity index (χ3n) is 16.7. The smallest absolute Gasteiger partial charge is 0.220 e. The molecule has 0 aromatic heterocycles. The number of ether oxygens (including phenoxy) is 2. The van der Waals surface area contributed by atoms with Crippen molar-refractivity contribution in [3.05, 3.63) is 134 Å². The number of nitrogens with one attached hydrogen (secondary N) is 1. The Hall–Kier alpha value is -3.67. The summed E-state index contributed by atoms with van der Waals surface area (Å²) in [5, 5.41) is 54.8. The van der Waals surface area contributed by atoms with E-state index in [0.29, 0.717) is 6.42 Å². The minimum absolute atomic E-state index is 0.214. The van der Waals surface area contributed by atoms with Crippen LogP contribution in [0.15, 0.2) is 134 Å². The van der Waals surface area contributed by atoms with Gasteiger partial charge in [-0.2, -0.15) is 0 Å². The van der Waals surface area contributed by atoms with Gasteiger partial charge in [0.1, 0.15) is 24.4 Å². The molecule has 1 fully saturated rings. The maximum Gasteiger partial charge on any atom is 0.220 e. The first-order valence-electron chi connectivity index (χ1n) is 36.9. The van der Waals surface area contributed by atoms with Gasteiger partial charge in [-0.05, 0) is 96.3 Å². The zero-order valence-corrected chi connectivity index (χ0v) is 57.1. The lowest BCUT2D eigenvalue weighted by molar-refractivity contribution is -0.302. The normalized spacial score (nSPS) is 18.7. The number of rotatable bonds is 63. The van der Waals surface area contributed by atoms with Crippen molar-refractivity contribution in [2.75, 3.05) is 13.2 Å². The topological polar surface area (TPSA) is 149 Å². The van der Waals surface area contributed by atoms with Gasteiger partial charge in [0.15, 0.2) is 6.29 Å². The first kappa shape index (κ1) is 83.3. The third-order valence-corrected chi connectivity index (χ3v) is 16.7. The number of aliphatic hydroxyl groups excluding tert-OH is 5. The number of hydrogen-bond donors (Lipinski definition) is 6. The van der Waals surface area contributed by atoms with Crippen LogP contribution in [-0.4, -0.2) is 87.5 Å². The fourth-order valence-corrected chi connectivity index (χ4v) is 11.0.